The largest absolute Gasteiger partial charge is 0.411 e. The average molecular weight is 318 g/mol. The minimum Gasteiger partial charge on any atom is -0.362 e. The van der Waals surface area contributed by atoms with E-state index >= 15 is 0 Å². The van der Waals surface area contributed by atoms with Crippen LogP contribution in [0.25, 0.3) is 0 Å². The minimum atomic E-state index is -4.38. The van der Waals surface area contributed by atoms with Crippen molar-refractivity contribution in [1.29, 1.82) is 0 Å². The Balaban J connectivity index is 2.14. The zero-order valence-electron chi connectivity index (χ0n) is 9.47. The normalized spacial score (nSPS) is 24.3. The summed E-state index contributed by atoms with van der Waals surface area (Å²) >= 11 is 3.44. The lowest BCUT2D eigenvalue weighted by Crippen LogP contribution is -2.39. The van der Waals surface area contributed by atoms with Gasteiger partial charge >= 0.3 is 6.18 Å². The fourth-order valence-electron chi connectivity index (χ4n) is 1.66. The molecule has 7 heteroatoms. The molecule has 17 heavy (non-hydrogen) atoms. The van der Waals surface area contributed by atoms with Gasteiger partial charge in [-0.3, -0.25) is 4.79 Å². The van der Waals surface area contributed by atoms with Crippen LogP contribution >= 0.6 is 15.9 Å². The molecule has 3 nitrogen and oxygen atoms in total. The molecule has 0 saturated heterocycles. The Labute approximate surface area is 106 Å². The number of hydrogen-bond acceptors (Lipinski definition) is 2. The highest BCUT2D eigenvalue weighted by Gasteiger charge is 2.30. The quantitative estimate of drug-likeness (QED) is 0.728. The maximum Gasteiger partial charge on any atom is 0.411 e. The standard InChI is InChI=1S/C10H15BrF3NO2/c1-15(4-7-2-8(11)3-7)9(16)5-17-6-10(12,13)14/h7-8H,2-6H2,1H3. The van der Waals surface area contributed by atoms with Crippen LogP contribution in [-0.4, -0.2) is 48.6 Å². The summed E-state index contributed by atoms with van der Waals surface area (Å²) in [4.78, 5) is 13.3. The van der Waals surface area contributed by atoms with E-state index in [0.717, 1.165) is 12.8 Å². The molecule has 0 aromatic carbocycles. The summed E-state index contributed by atoms with van der Waals surface area (Å²) in [6.07, 6.45) is -2.38. The van der Waals surface area contributed by atoms with Crippen LogP contribution in [0.1, 0.15) is 12.8 Å². The molecule has 0 aromatic rings. The van der Waals surface area contributed by atoms with E-state index in [-0.39, 0.29) is 0 Å². The summed E-state index contributed by atoms with van der Waals surface area (Å²) in [6.45, 7) is -1.31. The first-order chi connectivity index (χ1) is 7.78. The summed E-state index contributed by atoms with van der Waals surface area (Å²) in [5.41, 5.74) is 0. The Bertz CT molecular complexity index is 267. The number of alkyl halides is 4. The van der Waals surface area contributed by atoms with E-state index in [1.165, 1.54) is 4.90 Å². The zero-order valence-corrected chi connectivity index (χ0v) is 11.1. The Morgan fingerprint density at radius 1 is 1.47 bits per heavy atom. The second kappa shape index (κ2) is 6.04. The predicted octanol–water partition coefficient (Wildman–Crippen LogP) is 2.20. The molecule has 1 saturated carbocycles. The van der Waals surface area contributed by atoms with Crippen molar-refractivity contribution in [3.8, 4) is 0 Å². The molecule has 0 spiro atoms. The van der Waals surface area contributed by atoms with Crippen molar-refractivity contribution in [2.75, 3.05) is 26.8 Å². The van der Waals surface area contributed by atoms with Crippen LogP contribution in [0.4, 0.5) is 13.2 Å². The smallest absolute Gasteiger partial charge is 0.362 e. The SMILES string of the molecule is CN(CC1CC(Br)C1)C(=O)COCC(F)(F)F. The number of rotatable bonds is 5. The van der Waals surface area contributed by atoms with E-state index in [1.54, 1.807) is 7.05 Å². The lowest BCUT2D eigenvalue weighted by atomic mass is 9.85. The fourth-order valence-corrected chi connectivity index (χ4v) is 2.71. The maximum atomic E-state index is 11.8. The van der Waals surface area contributed by atoms with Crippen LogP contribution in [0.3, 0.4) is 0 Å². The third-order valence-electron chi connectivity index (χ3n) is 2.63. The highest BCUT2D eigenvalue weighted by atomic mass is 79.9. The second-order valence-corrected chi connectivity index (χ2v) is 5.61. The van der Waals surface area contributed by atoms with Crippen LogP contribution < -0.4 is 0 Å². The van der Waals surface area contributed by atoms with Gasteiger partial charge in [-0.1, -0.05) is 15.9 Å². The molecule has 0 aromatic heterocycles. The van der Waals surface area contributed by atoms with Crippen molar-refractivity contribution in [3.05, 3.63) is 0 Å². The molecule has 0 aliphatic heterocycles. The van der Waals surface area contributed by atoms with Gasteiger partial charge in [0.2, 0.25) is 5.91 Å². The molecule has 1 aliphatic rings. The second-order valence-electron chi connectivity index (χ2n) is 4.32. The molecule has 1 aliphatic carbocycles. The molecule has 0 N–H and O–H groups in total. The Kier molecular flexibility index (Phi) is 5.24. The van der Waals surface area contributed by atoms with Gasteiger partial charge in [0.05, 0.1) is 0 Å². The van der Waals surface area contributed by atoms with Gasteiger partial charge in [-0.05, 0) is 18.8 Å². The Morgan fingerprint density at radius 3 is 2.53 bits per heavy atom. The van der Waals surface area contributed by atoms with Crippen molar-refractivity contribution < 1.29 is 22.7 Å². The zero-order chi connectivity index (χ0) is 13.1. The number of ether oxygens (including phenoxy) is 1. The van der Waals surface area contributed by atoms with Gasteiger partial charge in [0.1, 0.15) is 13.2 Å². The van der Waals surface area contributed by atoms with Crippen molar-refractivity contribution in [2.45, 2.75) is 23.8 Å². The summed E-state index contributed by atoms with van der Waals surface area (Å²) in [6, 6.07) is 0. The summed E-state index contributed by atoms with van der Waals surface area (Å²) in [7, 11) is 1.58. The predicted molar refractivity (Wildman–Crippen MR) is 60.0 cm³/mol. The first-order valence-electron chi connectivity index (χ1n) is 5.30. The monoisotopic (exact) mass is 317 g/mol. The van der Waals surface area contributed by atoms with Crippen molar-refractivity contribution in [2.24, 2.45) is 5.92 Å². The van der Waals surface area contributed by atoms with Crippen molar-refractivity contribution in [3.63, 3.8) is 0 Å². The molecule has 1 amide bonds. The van der Waals surface area contributed by atoms with Gasteiger partial charge in [-0.25, -0.2) is 0 Å². The first kappa shape index (κ1) is 14.8. The van der Waals surface area contributed by atoms with Gasteiger partial charge in [-0.15, -0.1) is 0 Å². The highest BCUT2D eigenvalue weighted by Crippen LogP contribution is 2.33. The minimum absolute atomic E-state index is 0.410. The summed E-state index contributed by atoms with van der Waals surface area (Å²) < 4.78 is 39.6. The number of amides is 1. The highest BCUT2D eigenvalue weighted by molar-refractivity contribution is 9.09. The van der Waals surface area contributed by atoms with E-state index in [2.05, 4.69) is 20.7 Å². The molecule has 1 fully saturated rings. The number of carbonyl (C=O) groups excluding carboxylic acids is 1. The molecule has 100 valence electrons. The molecule has 0 radical (unpaired) electrons. The van der Waals surface area contributed by atoms with Crippen LogP contribution in [0, 0.1) is 5.92 Å². The third kappa shape index (κ3) is 5.72. The van der Waals surface area contributed by atoms with Crippen molar-refractivity contribution in [1.82, 2.24) is 4.90 Å². The van der Waals surface area contributed by atoms with E-state index in [9.17, 15) is 18.0 Å². The summed E-state index contributed by atoms with van der Waals surface area (Å²) in [5, 5.41) is 0. The van der Waals surface area contributed by atoms with E-state index in [1.807, 2.05) is 0 Å². The van der Waals surface area contributed by atoms with Crippen molar-refractivity contribution >= 4 is 21.8 Å². The van der Waals surface area contributed by atoms with Crippen LogP contribution in [-0.2, 0) is 9.53 Å². The van der Waals surface area contributed by atoms with Gasteiger partial charge in [0.25, 0.3) is 0 Å². The molecule has 0 unspecified atom stereocenters. The Hall–Kier alpha value is -0.300. The van der Waals surface area contributed by atoms with Gasteiger partial charge in [0.15, 0.2) is 0 Å². The molecular weight excluding hydrogens is 303 g/mol. The van der Waals surface area contributed by atoms with Gasteiger partial charge in [-0.2, -0.15) is 13.2 Å². The number of hydrogen-bond donors (Lipinski definition) is 0. The fraction of sp³-hybridized carbons (Fsp3) is 0.900. The summed E-state index contributed by atoms with van der Waals surface area (Å²) in [5.74, 6) is 0.0308. The number of likely N-dealkylation sites (N-methyl/N-ethyl adjacent to an activating group) is 1. The molecule has 0 bridgehead atoms. The molecule has 0 heterocycles. The molecular formula is C10H15BrF3NO2. The topological polar surface area (TPSA) is 29.5 Å². The van der Waals surface area contributed by atoms with Crippen LogP contribution in [0.5, 0.6) is 0 Å². The Morgan fingerprint density at radius 2 is 2.06 bits per heavy atom. The van der Waals surface area contributed by atoms with E-state index < -0.39 is 25.3 Å². The first-order valence-corrected chi connectivity index (χ1v) is 6.22. The van der Waals surface area contributed by atoms with Crippen LogP contribution in [0.15, 0.2) is 0 Å². The molecule has 1 rings (SSSR count). The van der Waals surface area contributed by atoms with E-state index in [0.29, 0.717) is 17.3 Å². The van der Waals surface area contributed by atoms with Gasteiger partial charge in [0, 0.05) is 18.4 Å². The van der Waals surface area contributed by atoms with Crippen LogP contribution in [0.2, 0.25) is 0 Å². The third-order valence-corrected chi connectivity index (χ3v) is 3.37. The number of halogens is 4. The maximum absolute atomic E-state index is 11.8. The lowest BCUT2D eigenvalue weighted by molar-refractivity contribution is -0.177. The molecule has 0 atom stereocenters. The van der Waals surface area contributed by atoms with E-state index in [4.69, 9.17) is 0 Å². The van der Waals surface area contributed by atoms with Gasteiger partial charge < -0.3 is 9.64 Å². The number of nitrogens with zero attached hydrogens (tertiary/aromatic N) is 1. The number of carbonyl (C=O) groups is 1. The average Bonchev–Trinajstić information content (AvgIpc) is 2.13. The lowest BCUT2D eigenvalue weighted by Gasteiger charge is -2.34.